The Kier molecular flexibility index (Phi) is 6.84. The van der Waals surface area contributed by atoms with Gasteiger partial charge in [-0.1, -0.05) is 30.3 Å². The number of rotatable bonds is 7. The average Bonchev–Trinajstić information content (AvgIpc) is 3.62. The number of nitrogens with one attached hydrogen (secondary N) is 1. The van der Waals surface area contributed by atoms with Gasteiger partial charge < -0.3 is 19.5 Å². The van der Waals surface area contributed by atoms with E-state index in [2.05, 4.69) is 10.4 Å². The van der Waals surface area contributed by atoms with Crippen LogP contribution in [0.3, 0.4) is 0 Å². The van der Waals surface area contributed by atoms with Crippen LogP contribution >= 0.6 is 0 Å². The molecule has 0 aliphatic carbocycles. The summed E-state index contributed by atoms with van der Waals surface area (Å²) < 4.78 is 8.93. The third-order valence-corrected chi connectivity index (χ3v) is 6.50. The largest absolute Gasteiger partial charge is 0.497 e. The zero-order chi connectivity index (χ0) is 24.9. The van der Waals surface area contributed by atoms with E-state index < -0.39 is 0 Å². The van der Waals surface area contributed by atoms with E-state index in [0.29, 0.717) is 31.0 Å². The first-order valence-electron chi connectivity index (χ1n) is 12.1. The summed E-state index contributed by atoms with van der Waals surface area (Å²) in [6.07, 6.45) is 6.95. The Hall–Kier alpha value is -4.33. The van der Waals surface area contributed by atoms with Crippen LogP contribution in [-0.2, 0) is 11.3 Å². The molecule has 8 nitrogen and oxygen atoms in total. The number of carbonyl (C=O) groups excluding carboxylic acids is 2. The second-order valence-corrected chi connectivity index (χ2v) is 8.88. The maximum atomic E-state index is 13.7. The Morgan fingerprint density at radius 1 is 1.06 bits per heavy atom. The van der Waals surface area contributed by atoms with Crippen LogP contribution < -0.4 is 10.1 Å². The number of likely N-dealkylation sites (tertiary alicyclic amines) is 1. The predicted octanol–water partition coefficient (Wildman–Crippen LogP) is 3.84. The molecule has 1 N–H and O–H groups in total. The van der Waals surface area contributed by atoms with Crippen molar-refractivity contribution in [1.29, 1.82) is 0 Å². The predicted molar refractivity (Wildman–Crippen MR) is 136 cm³/mol. The van der Waals surface area contributed by atoms with E-state index in [1.54, 1.807) is 22.9 Å². The molecule has 5 rings (SSSR count). The lowest BCUT2D eigenvalue weighted by atomic mass is 9.96. The molecule has 2 aromatic heterocycles. The van der Waals surface area contributed by atoms with Gasteiger partial charge in [0.25, 0.3) is 5.91 Å². The molecule has 184 valence electrons. The molecule has 8 heteroatoms. The van der Waals surface area contributed by atoms with Crippen molar-refractivity contribution in [2.24, 2.45) is 5.92 Å². The van der Waals surface area contributed by atoms with Gasteiger partial charge in [-0.25, -0.2) is 4.68 Å². The van der Waals surface area contributed by atoms with Crippen molar-refractivity contribution in [3.8, 4) is 17.3 Å². The minimum atomic E-state index is -0.257. The molecule has 4 aromatic rings. The molecule has 1 aliphatic heterocycles. The van der Waals surface area contributed by atoms with Gasteiger partial charge in [-0.15, -0.1) is 0 Å². The summed E-state index contributed by atoms with van der Waals surface area (Å²) in [7, 11) is 1.62. The van der Waals surface area contributed by atoms with Crippen LogP contribution in [0.4, 0.5) is 0 Å². The normalized spacial score (nSPS) is 15.5. The molecule has 2 amide bonds. The van der Waals surface area contributed by atoms with E-state index in [4.69, 9.17) is 4.74 Å². The second-order valence-electron chi connectivity index (χ2n) is 8.88. The highest BCUT2D eigenvalue weighted by Gasteiger charge is 2.31. The van der Waals surface area contributed by atoms with E-state index in [0.717, 1.165) is 29.8 Å². The Labute approximate surface area is 210 Å². The van der Waals surface area contributed by atoms with Crippen LogP contribution in [0.15, 0.2) is 85.3 Å². The topological polar surface area (TPSA) is 81.4 Å². The molecule has 0 radical (unpaired) electrons. The highest BCUT2D eigenvalue weighted by atomic mass is 16.5. The van der Waals surface area contributed by atoms with E-state index >= 15 is 0 Å². The summed E-state index contributed by atoms with van der Waals surface area (Å²) in [5.74, 6) is 1.02. The van der Waals surface area contributed by atoms with Gasteiger partial charge in [-0.3, -0.25) is 9.59 Å². The fraction of sp³-hybridized carbons (Fsp3) is 0.250. The smallest absolute Gasteiger partial charge is 0.259 e. The number of nitrogens with zero attached hydrogens (tertiary/aromatic N) is 4. The van der Waals surface area contributed by atoms with Gasteiger partial charge in [0.05, 0.1) is 24.9 Å². The van der Waals surface area contributed by atoms with Crippen molar-refractivity contribution in [1.82, 2.24) is 24.6 Å². The molecular weight excluding hydrogens is 454 g/mol. The Bertz CT molecular complexity index is 1330. The fourth-order valence-corrected chi connectivity index (χ4v) is 4.64. The summed E-state index contributed by atoms with van der Waals surface area (Å²) in [6.45, 7) is 1.41. The molecule has 1 aliphatic rings. The minimum absolute atomic E-state index is 0.0408. The molecule has 0 spiro atoms. The lowest BCUT2D eigenvalue weighted by Crippen LogP contribution is -2.45. The first kappa shape index (κ1) is 23.4. The fourth-order valence-electron chi connectivity index (χ4n) is 4.64. The first-order chi connectivity index (χ1) is 17.6. The molecular formula is C28H29N5O3. The quantitative estimate of drug-likeness (QED) is 0.433. The maximum absolute atomic E-state index is 13.7. The number of aromatic nitrogens is 3. The van der Waals surface area contributed by atoms with Gasteiger partial charge in [-0.05, 0) is 54.8 Å². The molecule has 1 unspecified atom stereocenters. The molecule has 36 heavy (non-hydrogen) atoms. The van der Waals surface area contributed by atoms with E-state index in [9.17, 15) is 9.59 Å². The summed E-state index contributed by atoms with van der Waals surface area (Å²) in [5, 5.41) is 7.57. The van der Waals surface area contributed by atoms with Crippen LogP contribution in [0.25, 0.3) is 11.5 Å². The summed E-state index contributed by atoms with van der Waals surface area (Å²) in [4.78, 5) is 28.4. The van der Waals surface area contributed by atoms with Gasteiger partial charge >= 0.3 is 0 Å². The van der Waals surface area contributed by atoms with Gasteiger partial charge in [0.1, 0.15) is 11.3 Å². The minimum Gasteiger partial charge on any atom is -0.497 e. The maximum Gasteiger partial charge on any atom is 0.259 e. The zero-order valence-corrected chi connectivity index (χ0v) is 20.2. The monoisotopic (exact) mass is 483 g/mol. The van der Waals surface area contributed by atoms with E-state index in [1.807, 2.05) is 83.7 Å². The lowest BCUT2D eigenvalue weighted by Gasteiger charge is -2.32. The summed E-state index contributed by atoms with van der Waals surface area (Å²) in [6, 6.07) is 21.2. The number of ether oxygens (including phenoxy) is 1. The third-order valence-electron chi connectivity index (χ3n) is 6.50. The van der Waals surface area contributed by atoms with Crippen molar-refractivity contribution in [3.05, 3.63) is 96.4 Å². The number of piperidine rings is 1. The van der Waals surface area contributed by atoms with Crippen molar-refractivity contribution in [2.75, 3.05) is 20.2 Å². The Morgan fingerprint density at radius 2 is 1.86 bits per heavy atom. The lowest BCUT2D eigenvalue weighted by molar-refractivity contribution is -0.126. The number of benzene rings is 2. The van der Waals surface area contributed by atoms with Crippen molar-refractivity contribution < 1.29 is 14.3 Å². The summed E-state index contributed by atoms with van der Waals surface area (Å²) in [5.41, 5.74) is 2.34. The molecule has 3 heterocycles. The molecule has 2 aromatic carbocycles. The number of amides is 2. The van der Waals surface area contributed by atoms with Crippen LogP contribution in [-0.4, -0.2) is 51.3 Å². The van der Waals surface area contributed by atoms with Crippen LogP contribution in [0.1, 0.15) is 28.8 Å². The van der Waals surface area contributed by atoms with Crippen LogP contribution in [0.5, 0.6) is 5.75 Å². The summed E-state index contributed by atoms with van der Waals surface area (Å²) >= 11 is 0. The van der Waals surface area contributed by atoms with Gasteiger partial charge in [0.15, 0.2) is 5.82 Å². The number of hydrogen-bond donors (Lipinski definition) is 1. The SMILES string of the molecule is COc1cccc(CNC(=O)C2CCCN(C(=O)c3cnn(-c4ccccc4)c3-n3cccc3)C2)c1. The molecule has 1 fully saturated rings. The number of hydrogen-bond acceptors (Lipinski definition) is 4. The van der Waals surface area contributed by atoms with Crippen molar-refractivity contribution in [3.63, 3.8) is 0 Å². The van der Waals surface area contributed by atoms with Gasteiger partial charge in [-0.2, -0.15) is 5.10 Å². The average molecular weight is 484 g/mol. The second kappa shape index (κ2) is 10.5. The van der Waals surface area contributed by atoms with Gasteiger partial charge in [0, 0.05) is 32.0 Å². The Morgan fingerprint density at radius 3 is 2.64 bits per heavy atom. The highest BCUT2D eigenvalue weighted by Crippen LogP contribution is 2.24. The standard InChI is InChI=1S/C28H29N5O3/c1-36-24-13-7-9-21(17-24)18-29-26(34)22-10-8-16-32(20-22)28(35)25-19-30-33(23-11-3-2-4-12-23)27(25)31-14-5-6-15-31/h2-7,9,11-15,17,19,22H,8,10,16,18,20H2,1H3,(H,29,34). The van der Waals surface area contributed by atoms with E-state index in [-0.39, 0.29) is 17.7 Å². The molecule has 0 saturated carbocycles. The van der Waals surface area contributed by atoms with Crippen LogP contribution in [0.2, 0.25) is 0 Å². The van der Waals surface area contributed by atoms with Crippen LogP contribution in [0, 0.1) is 5.92 Å². The number of methoxy groups -OCH3 is 1. The zero-order valence-electron chi connectivity index (χ0n) is 20.2. The van der Waals surface area contributed by atoms with Crippen molar-refractivity contribution >= 4 is 11.8 Å². The van der Waals surface area contributed by atoms with E-state index in [1.165, 1.54) is 0 Å². The van der Waals surface area contributed by atoms with Crippen molar-refractivity contribution in [2.45, 2.75) is 19.4 Å². The third kappa shape index (κ3) is 4.88. The molecule has 1 saturated heterocycles. The first-order valence-corrected chi connectivity index (χ1v) is 12.1. The highest BCUT2D eigenvalue weighted by molar-refractivity contribution is 5.97. The molecule has 1 atom stereocenters. The molecule has 0 bridgehead atoms. The number of carbonyl (C=O) groups is 2. The Balaban J connectivity index is 1.32. The number of para-hydroxylation sites is 1. The van der Waals surface area contributed by atoms with Gasteiger partial charge in [0.2, 0.25) is 5.91 Å².